The van der Waals surface area contributed by atoms with Gasteiger partial charge in [0.1, 0.15) is 17.0 Å². The number of aromatic nitrogens is 2. The SMILES string of the molecule is CN(C)C(=O)c1ccc2sc3ncnc(NC4CCC(N5CCOCC5)CC4)c3c2c1. The largest absolute Gasteiger partial charge is 0.379 e. The standard InChI is InChI=1S/C23H29N5O2S/c1-27(2)23(29)15-3-8-19-18(13-15)20-21(24-14-25-22(20)31-19)26-16-4-6-17(7-5-16)28-9-11-30-12-10-28/h3,8,13-14,16-17H,4-7,9-12H2,1-2H3,(H,24,25,26). The molecule has 164 valence electrons. The molecule has 0 atom stereocenters. The van der Waals surface area contributed by atoms with Crippen molar-refractivity contribution in [1.82, 2.24) is 19.8 Å². The first kappa shape index (κ1) is 20.6. The molecular formula is C23H29N5O2S. The average molecular weight is 440 g/mol. The quantitative estimate of drug-likeness (QED) is 0.670. The summed E-state index contributed by atoms with van der Waals surface area (Å²) in [5, 5.41) is 5.80. The molecule has 1 aliphatic carbocycles. The smallest absolute Gasteiger partial charge is 0.253 e. The fraction of sp³-hybridized carbons (Fsp3) is 0.522. The highest BCUT2D eigenvalue weighted by Gasteiger charge is 2.27. The van der Waals surface area contributed by atoms with Gasteiger partial charge in [0.05, 0.1) is 18.6 Å². The van der Waals surface area contributed by atoms with Crippen LogP contribution in [0.1, 0.15) is 36.0 Å². The molecule has 1 N–H and O–H groups in total. The number of thiophene rings is 1. The third kappa shape index (κ3) is 4.12. The minimum atomic E-state index is 0.00837. The number of rotatable bonds is 4. The first-order chi connectivity index (χ1) is 15.1. The number of benzene rings is 1. The first-order valence-corrected chi connectivity index (χ1v) is 11.9. The van der Waals surface area contributed by atoms with Gasteiger partial charge in [-0.1, -0.05) is 0 Å². The lowest BCUT2D eigenvalue weighted by molar-refractivity contribution is 0.00791. The van der Waals surface area contributed by atoms with Gasteiger partial charge in [-0.05, 0) is 43.9 Å². The van der Waals surface area contributed by atoms with Crippen molar-refractivity contribution in [1.29, 1.82) is 0 Å². The molecule has 1 saturated carbocycles. The molecule has 2 aromatic heterocycles. The monoisotopic (exact) mass is 439 g/mol. The Morgan fingerprint density at radius 3 is 2.68 bits per heavy atom. The Morgan fingerprint density at radius 2 is 1.94 bits per heavy atom. The van der Waals surface area contributed by atoms with E-state index in [9.17, 15) is 4.79 Å². The maximum absolute atomic E-state index is 12.5. The minimum Gasteiger partial charge on any atom is -0.379 e. The zero-order chi connectivity index (χ0) is 21.4. The fourth-order valence-corrected chi connectivity index (χ4v) is 5.85. The molecule has 7 nitrogen and oxygen atoms in total. The van der Waals surface area contributed by atoms with Gasteiger partial charge in [0.15, 0.2) is 0 Å². The summed E-state index contributed by atoms with van der Waals surface area (Å²) in [5.74, 6) is 0.898. The van der Waals surface area contributed by atoms with Crippen LogP contribution in [0.4, 0.5) is 5.82 Å². The molecule has 1 aliphatic heterocycles. The molecule has 31 heavy (non-hydrogen) atoms. The number of carbonyl (C=O) groups is 1. The van der Waals surface area contributed by atoms with E-state index in [0.717, 1.165) is 65.3 Å². The molecule has 1 saturated heterocycles. The molecule has 3 aromatic rings. The molecule has 3 heterocycles. The van der Waals surface area contributed by atoms with E-state index in [0.29, 0.717) is 17.6 Å². The van der Waals surface area contributed by atoms with Crippen LogP contribution in [0.25, 0.3) is 20.3 Å². The summed E-state index contributed by atoms with van der Waals surface area (Å²) in [6, 6.07) is 7.00. The summed E-state index contributed by atoms with van der Waals surface area (Å²) in [6.07, 6.45) is 6.33. The van der Waals surface area contributed by atoms with Gasteiger partial charge in [-0.3, -0.25) is 9.69 Å². The maximum Gasteiger partial charge on any atom is 0.253 e. The number of morpholine rings is 1. The van der Waals surface area contributed by atoms with Crippen molar-refractivity contribution in [2.75, 3.05) is 45.7 Å². The molecule has 0 bridgehead atoms. The van der Waals surface area contributed by atoms with E-state index in [1.807, 2.05) is 18.2 Å². The molecule has 0 spiro atoms. The van der Waals surface area contributed by atoms with Gasteiger partial charge in [0.25, 0.3) is 5.91 Å². The average Bonchev–Trinajstić information content (AvgIpc) is 3.18. The van der Waals surface area contributed by atoms with Crippen LogP contribution in [0.2, 0.25) is 0 Å². The second-order valence-corrected chi connectivity index (χ2v) is 9.74. The zero-order valence-corrected chi connectivity index (χ0v) is 19.0. The molecular weight excluding hydrogens is 410 g/mol. The number of hydrogen-bond donors (Lipinski definition) is 1. The van der Waals surface area contributed by atoms with Crippen molar-refractivity contribution in [2.45, 2.75) is 37.8 Å². The number of carbonyl (C=O) groups excluding carboxylic acids is 1. The van der Waals surface area contributed by atoms with E-state index in [2.05, 4.69) is 20.2 Å². The van der Waals surface area contributed by atoms with Crippen LogP contribution in [0.3, 0.4) is 0 Å². The lowest BCUT2D eigenvalue weighted by Crippen LogP contribution is -2.46. The Balaban J connectivity index is 1.38. The van der Waals surface area contributed by atoms with Crippen LogP contribution in [-0.2, 0) is 4.74 Å². The number of ether oxygens (including phenoxy) is 1. The summed E-state index contributed by atoms with van der Waals surface area (Å²) in [7, 11) is 3.56. The van der Waals surface area contributed by atoms with Crippen molar-refractivity contribution >= 4 is 43.4 Å². The second kappa shape index (κ2) is 8.68. The van der Waals surface area contributed by atoms with Gasteiger partial charge in [-0.2, -0.15) is 0 Å². The Labute approximate surface area is 186 Å². The van der Waals surface area contributed by atoms with Crippen molar-refractivity contribution < 1.29 is 9.53 Å². The molecule has 2 fully saturated rings. The fourth-order valence-electron chi connectivity index (χ4n) is 4.83. The maximum atomic E-state index is 12.5. The van der Waals surface area contributed by atoms with Crippen molar-refractivity contribution in [3.05, 3.63) is 30.1 Å². The summed E-state index contributed by atoms with van der Waals surface area (Å²) in [4.78, 5) is 26.8. The van der Waals surface area contributed by atoms with Crippen LogP contribution >= 0.6 is 11.3 Å². The van der Waals surface area contributed by atoms with Crippen LogP contribution in [-0.4, -0.2) is 78.2 Å². The Hall–Kier alpha value is -2.29. The normalized spacial score (nSPS) is 22.6. The minimum absolute atomic E-state index is 0.00837. The Morgan fingerprint density at radius 1 is 1.16 bits per heavy atom. The van der Waals surface area contributed by atoms with Gasteiger partial charge >= 0.3 is 0 Å². The number of fused-ring (bicyclic) bond motifs is 3. The predicted octanol–water partition coefficient (Wildman–Crippen LogP) is 3.60. The van der Waals surface area contributed by atoms with E-state index in [-0.39, 0.29) is 5.91 Å². The van der Waals surface area contributed by atoms with Crippen LogP contribution in [0.15, 0.2) is 24.5 Å². The van der Waals surface area contributed by atoms with Gasteiger partial charge in [-0.25, -0.2) is 9.97 Å². The second-order valence-electron chi connectivity index (χ2n) is 8.71. The lowest BCUT2D eigenvalue weighted by atomic mass is 9.90. The first-order valence-electron chi connectivity index (χ1n) is 11.1. The Kier molecular flexibility index (Phi) is 5.77. The van der Waals surface area contributed by atoms with Gasteiger partial charge < -0.3 is 15.0 Å². The van der Waals surface area contributed by atoms with Gasteiger partial charge in [0.2, 0.25) is 0 Å². The summed E-state index contributed by atoms with van der Waals surface area (Å²) in [6.45, 7) is 3.84. The highest BCUT2D eigenvalue weighted by Crippen LogP contribution is 2.37. The number of amides is 1. The summed E-state index contributed by atoms with van der Waals surface area (Å²) >= 11 is 1.65. The highest BCUT2D eigenvalue weighted by atomic mass is 32.1. The van der Waals surface area contributed by atoms with E-state index >= 15 is 0 Å². The third-order valence-electron chi connectivity index (χ3n) is 6.52. The summed E-state index contributed by atoms with van der Waals surface area (Å²) < 4.78 is 6.63. The van der Waals surface area contributed by atoms with E-state index in [4.69, 9.17) is 4.74 Å². The number of hydrogen-bond acceptors (Lipinski definition) is 7. The van der Waals surface area contributed by atoms with Crippen molar-refractivity contribution in [3.8, 4) is 0 Å². The summed E-state index contributed by atoms with van der Waals surface area (Å²) in [5.41, 5.74) is 0.693. The molecule has 0 radical (unpaired) electrons. The number of anilines is 1. The molecule has 5 rings (SSSR count). The predicted molar refractivity (Wildman–Crippen MR) is 125 cm³/mol. The lowest BCUT2D eigenvalue weighted by Gasteiger charge is -2.39. The molecule has 8 heteroatoms. The molecule has 1 aromatic carbocycles. The molecule has 1 amide bonds. The number of nitrogens with zero attached hydrogens (tertiary/aromatic N) is 4. The van der Waals surface area contributed by atoms with Gasteiger partial charge in [-0.15, -0.1) is 11.3 Å². The van der Waals surface area contributed by atoms with Gasteiger partial charge in [0, 0.05) is 54.9 Å². The zero-order valence-electron chi connectivity index (χ0n) is 18.1. The highest BCUT2D eigenvalue weighted by molar-refractivity contribution is 7.25. The van der Waals surface area contributed by atoms with Crippen LogP contribution < -0.4 is 5.32 Å². The van der Waals surface area contributed by atoms with Crippen LogP contribution in [0, 0.1) is 0 Å². The number of nitrogens with one attached hydrogen (secondary N) is 1. The van der Waals surface area contributed by atoms with Crippen molar-refractivity contribution in [3.63, 3.8) is 0 Å². The molecule has 0 unspecified atom stereocenters. The van der Waals surface area contributed by atoms with E-state index < -0.39 is 0 Å². The van der Waals surface area contributed by atoms with Crippen molar-refractivity contribution in [2.24, 2.45) is 0 Å². The van der Waals surface area contributed by atoms with E-state index in [1.54, 1.807) is 36.7 Å². The topological polar surface area (TPSA) is 70.6 Å². The third-order valence-corrected chi connectivity index (χ3v) is 7.60. The Bertz CT molecular complexity index is 1080. The van der Waals surface area contributed by atoms with Crippen LogP contribution in [0.5, 0.6) is 0 Å². The van der Waals surface area contributed by atoms with E-state index in [1.165, 1.54) is 12.8 Å². The molecule has 2 aliphatic rings.